The van der Waals surface area contributed by atoms with E-state index in [1.807, 2.05) is 49.4 Å². The van der Waals surface area contributed by atoms with Crippen LogP contribution in [0.15, 0.2) is 55.0 Å². The third-order valence-electron chi connectivity index (χ3n) is 3.54. The molecule has 2 aromatic carbocycles. The Labute approximate surface area is 138 Å². The molecule has 0 aliphatic heterocycles. The van der Waals surface area contributed by atoms with Crippen LogP contribution in [0.2, 0.25) is 0 Å². The maximum absolute atomic E-state index is 4.39. The minimum Gasteiger partial charge on any atom is -0.324 e. The zero-order valence-corrected chi connectivity index (χ0v) is 13.0. The molecule has 0 aliphatic carbocycles. The number of aromatic amines is 1. The predicted octanol–water partition coefficient (Wildman–Crippen LogP) is 3.54. The lowest BCUT2D eigenvalue weighted by atomic mass is 10.2. The molecule has 2 aromatic heterocycles. The maximum atomic E-state index is 4.39. The molecule has 4 rings (SSSR count). The van der Waals surface area contributed by atoms with Gasteiger partial charge >= 0.3 is 0 Å². The summed E-state index contributed by atoms with van der Waals surface area (Å²) in [5.41, 5.74) is 3.97. The van der Waals surface area contributed by atoms with Gasteiger partial charge < -0.3 is 10.6 Å². The van der Waals surface area contributed by atoms with Gasteiger partial charge in [0, 0.05) is 16.8 Å². The summed E-state index contributed by atoms with van der Waals surface area (Å²) in [6, 6.07) is 13.9. The summed E-state index contributed by atoms with van der Waals surface area (Å²) in [5, 5.41) is 14.3. The molecular formula is C17H15N7. The van der Waals surface area contributed by atoms with E-state index in [-0.39, 0.29) is 0 Å². The van der Waals surface area contributed by atoms with Crippen molar-refractivity contribution in [1.82, 2.24) is 25.1 Å². The number of rotatable bonds is 4. The third kappa shape index (κ3) is 3.00. The molecular weight excluding hydrogens is 302 g/mol. The highest BCUT2D eigenvalue weighted by Crippen LogP contribution is 2.20. The van der Waals surface area contributed by atoms with Crippen LogP contribution in [0, 0.1) is 6.92 Å². The third-order valence-corrected chi connectivity index (χ3v) is 3.54. The molecule has 4 aromatic rings. The molecule has 24 heavy (non-hydrogen) atoms. The Morgan fingerprint density at radius 3 is 2.50 bits per heavy atom. The molecule has 0 atom stereocenters. The molecule has 0 unspecified atom stereocenters. The van der Waals surface area contributed by atoms with E-state index in [2.05, 4.69) is 35.8 Å². The molecule has 0 saturated heterocycles. The number of nitrogens with one attached hydrogen (secondary N) is 3. The maximum Gasteiger partial charge on any atom is 0.232 e. The van der Waals surface area contributed by atoms with Crippen LogP contribution in [0.3, 0.4) is 0 Å². The van der Waals surface area contributed by atoms with Crippen molar-refractivity contribution in [1.29, 1.82) is 0 Å². The Morgan fingerprint density at radius 1 is 0.917 bits per heavy atom. The number of aromatic nitrogens is 5. The van der Waals surface area contributed by atoms with Crippen molar-refractivity contribution >= 4 is 34.2 Å². The Bertz CT molecular complexity index is 993. The number of nitrogens with zero attached hydrogens (tertiary/aromatic N) is 4. The van der Waals surface area contributed by atoms with E-state index in [0.29, 0.717) is 11.9 Å². The van der Waals surface area contributed by atoms with Crippen molar-refractivity contribution in [3.8, 4) is 0 Å². The number of anilines is 4. The number of hydrogen-bond acceptors (Lipinski definition) is 6. The number of aryl methyl sites for hydroxylation is 1. The highest BCUT2D eigenvalue weighted by atomic mass is 15.2. The monoisotopic (exact) mass is 317 g/mol. The van der Waals surface area contributed by atoms with E-state index in [0.717, 1.165) is 22.3 Å². The van der Waals surface area contributed by atoms with Crippen LogP contribution in [0.5, 0.6) is 0 Å². The van der Waals surface area contributed by atoms with E-state index in [1.54, 1.807) is 6.20 Å². The summed E-state index contributed by atoms with van der Waals surface area (Å²) < 4.78 is 0. The fraction of sp³-hybridized carbons (Fsp3) is 0.0588. The molecule has 118 valence electrons. The molecule has 7 nitrogen and oxygen atoms in total. The summed E-state index contributed by atoms with van der Waals surface area (Å²) in [6.07, 6.45) is 3.25. The minimum absolute atomic E-state index is 0.475. The van der Waals surface area contributed by atoms with Crippen LogP contribution in [-0.4, -0.2) is 25.1 Å². The first-order valence-electron chi connectivity index (χ1n) is 7.49. The fourth-order valence-electron chi connectivity index (χ4n) is 2.42. The lowest BCUT2D eigenvalue weighted by Crippen LogP contribution is -2.02. The number of H-pyrrole nitrogens is 1. The number of benzene rings is 2. The molecule has 0 bridgehead atoms. The zero-order valence-electron chi connectivity index (χ0n) is 13.0. The Balaban J connectivity index is 1.55. The molecule has 0 aliphatic rings. The van der Waals surface area contributed by atoms with E-state index in [1.165, 1.54) is 11.9 Å². The van der Waals surface area contributed by atoms with Crippen LogP contribution >= 0.6 is 0 Å². The lowest BCUT2D eigenvalue weighted by Gasteiger charge is -2.08. The van der Waals surface area contributed by atoms with Gasteiger partial charge in [-0.15, -0.1) is 0 Å². The van der Waals surface area contributed by atoms with E-state index in [9.17, 15) is 0 Å². The average molecular weight is 317 g/mol. The van der Waals surface area contributed by atoms with Crippen LogP contribution in [0.4, 0.5) is 23.3 Å². The van der Waals surface area contributed by atoms with Crippen LogP contribution in [0.1, 0.15) is 5.56 Å². The van der Waals surface area contributed by atoms with Crippen LogP contribution in [-0.2, 0) is 0 Å². The SMILES string of the molecule is Cc1cccc(Nc2ncnc(Nc3ccc4[nH]ncc4c3)n2)c1. The van der Waals surface area contributed by atoms with E-state index >= 15 is 0 Å². The van der Waals surface area contributed by atoms with Crippen LogP contribution < -0.4 is 10.6 Å². The van der Waals surface area contributed by atoms with Crippen molar-refractivity contribution < 1.29 is 0 Å². The van der Waals surface area contributed by atoms with Gasteiger partial charge in [-0.05, 0) is 42.8 Å². The minimum atomic E-state index is 0.475. The van der Waals surface area contributed by atoms with Crippen molar-refractivity contribution in [2.75, 3.05) is 10.6 Å². The van der Waals surface area contributed by atoms with Gasteiger partial charge in [0.1, 0.15) is 6.33 Å². The molecule has 0 spiro atoms. The smallest absolute Gasteiger partial charge is 0.232 e. The Morgan fingerprint density at radius 2 is 1.71 bits per heavy atom. The first-order valence-corrected chi connectivity index (χ1v) is 7.49. The highest BCUT2D eigenvalue weighted by Gasteiger charge is 2.04. The van der Waals surface area contributed by atoms with Gasteiger partial charge in [-0.1, -0.05) is 12.1 Å². The number of fused-ring (bicyclic) bond motifs is 1. The average Bonchev–Trinajstić information content (AvgIpc) is 3.03. The van der Waals surface area contributed by atoms with E-state index < -0.39 is 0 Å². The molecule has 0 radical (unpaired) electrons. The first-order chi connectivity index (χ1) is 11.8. The predicted molar refractivity (Wildman–Crippen MR) is 93.7 cm³/mol. The van der Waals surface area contributed by atoms with Gasteiger partial charge in [0.15, 0.2) is 0 Å². The van der Waals surface area contributed by atoms with Crippen molar-refractivity contribution in [2.24, 2.45) is 0 Å². The second-order valence-corrected chi connectivity index (χ2v) is 5.42. The van der Waals surface area contributed by atoms with Crippen molar-refractivity contribution in [3.05, 3.63) is 60.6 Å². The molecule has 0 fully saturated rings. The quantitative estimate of drug-likeness (QED) is 0.533. The molecule has 2 heterocycles. The van der Waals surface area contributed by atoms with E-state index in [4.69, 9.17) is 0 Å². The largest absolute Gasteiger partial charge is 0.324 e. The van der Waals surface area contributed by atoms with Crippen molar-refractivity contribution in [3.63, 3.8) is 0 Å². The molecule has 3 N–H and O–H groups in total. The Hall–Kier alpha value is -3.48. The second-order valence-electron chi connectivity index (χ2n) is 5.42. The van der Waals surface area contributed by atoms with Crippen molar-refractivity contribution in [2.45, 2.75) is 6.92 Å². The summed E-state index contributed by atoms with van der Waals surface area (Å²) >= 11 is 0. The topological polar surface area (TPSA) is 91.4 Å². The lowest BCUT2D eigenvalue weighted by molar-refractivity contribution is 1.06. The second kappa shape index (κ2) is 5.96. The first kappa shape index (κ1) is 14.1. The summed E-state index contributed by atoms with van der Waals surface area (Å²) in [7, 11) is 0. The zero-order chi connectivity index (χ0) is 16.4. The Kier molecular flexibility index (Phi) is 3.51. The van der Waals surface area contributed by atoms with Gasteiger partial charge in [-0.25, -0.2) is 9.97 Å². The van der Waals surface area contributed by atoms with Gasteiger partial charge in [-0.2, -0.15) is 10.1 Å². The van der Waals surface area contributed by atoms with Gasteiger partial charge in [0.25, 0.3) is 0 Å². The number of hydrogen-bond donors (Lipinski definition) is 3. The summed E-state index contributed by atoms with van der Waals surface area (Å²) in [6.45, 7) is 2.04. The highest BCUT2D eigenvalue weighted by molar-refractivity contribution is 5.82. The summed E-state index contributed by atoms with van der Waals surface area (Å²) in [5.74, 6) is 0.963. The van der Waals surface area contributed by atoms with Gasteiger partial charge in [0.2, 0.25) is 11.9 Å². The molecule has 7 heteroatoms. The summed E-state index contributed by atoms with van der Waals surface area (Å²) in [4.78, 5) is 12.7. The fourth-order valence-corrected chi connectivity index (χ4v) is 2.42. The standard InChI is InChI=1S/C17H15N7/c1-11-3-2-4-13(7-11)21-16-18-10-19-17(23-16)22-14-5-6-15-12(8-14)9-20-24-15/h2-10H,1H3,(H,20,24)(H2,18,19,21,22,23). The molecule has 0 amide bonds. The normalized spacial score (nSPS) is 10.7. The van der Waals surface area contributed by atoms with Gasteiger partial charge in [0.05, 0.1) is 11.7 Å². The van der Waals surface area contributed by atoms with Crippen LogP contribution in [0.25, 0.3) is 10.9 Å². The molecule has 0 saturated carbocycles. The van der Waals surface area contributed by atoms with Gasteiger partial charge in [-0.3, -0.25) is 5.10 Å².